The number of rotatable bonds is 5. The van der Waals surface area contributed by atoms with Crippen LogP contribution in [0.5, 0.6) is 0 Å². The second kappa shape index (κ2) is 9.36. The first kappa shape index (κ1) is 22.1. The summed E-state index contributed by atoms with van der Waals surface area (Å²) in [5.74, 6) is -0.123. The van der Waals surface area contributed by atoms with Crippen LogP contribution in [0.15, 0.2) is 48.4 Å². The fourth-order valence-corrected chi connectivity index (χ4v) is 2.46. The molecule has 2 amide bonds. The number of amides is 2. The molecule has 0 saturated heterocycles. The predicted octanol–water partition coefficient (Wildman–Crippen LogP) is 4.53. The molecule has 0 fully saturated rings. The molecule has 7 nitrogen and oxygen atoms in total. The zero-order valence-electron chi connectivity index (χ0n) is 14.7. The molecule has 29 heavy (non-hydrogen) atoms. The average molecular weight is 445 g/mol. The summed E-state index contributed by atoms with van der Waals surface area (Å²) in [5, 5.41) is 15.2. The molecule has 1 aromatic carbocycles. The third-order valence-electron chi connectivity index (χ3n) is 3.31. The molecule has 0 atom stereocenters. The first-order valence-electron chi connectivity index (χ1n) is 7.76. The summed E-state index contributed by atoms with van der Waals surface area (Å²) in [6.07, 6.45) is -2.99. The lowest BCUT2D eigenvalue weighted by atomic mass is 10.3. The Balaban J connectivity index is 2.08. The smallest absolute Gasteiger partial charge is 0.308 e. The maximum absolute atomic E-state index is 12.7. The SMILES string of the molecule is CN(N/C(=C/C#N)NC(=O)Nc1ccc(Cl)cc1)c1ncc(C(F)(F)F)cc1Cl. The van der Waals surface area contributed by atoms with Crippen LogP contribution < -0.4 is 21.1 Å². The van der Waals surface area contributed by atoms with Gasteiger partial charge in [0, 0.05) is 24.0 Å². The van der Waals surface area contributed by atoms with Gasteiger partial charge in [0.1, 0.15) is 5.82 Å². The number of carbonyl (C=O) groups excluding carboxylic acids is 1. The second-order valence-electron chi connectivity index (χ2n) is 5.47. The molecule has 0 unspecified atom stereocenters. The highest BCUT2D eigenvalue weighted by molar-refractivity contribution is 6.33. The van der Waals surface area contributed by atoms with Gasteiger partial charge in [-0.1, -0.05) is 23.2 Å². The molecule has 0 aliphatic carbocycles. The number of allylic oxidation sites excluding steroid dienone is 1. The van der Waals surface area contributed by atoms with Crippen molar-refractivity contribution in [2.24, 2.45) is 0 Å². The van der Waals surface area contributed by atoms with E-state index in [1.807, 2.05) is 0 Å². The number of nitrogens with one attached hydrogen (secondary N) is 3. The lowest BCUT2D eigenvalue weighted by molar-refractivity contribution is -0.137. The lowest BCUT2D eigenvalue weighted by Gasteiger charge is -2.23. The topological polar surface area (TPSA) is 93.1 Å². The van der Waals surface area contributed by atoms with Crippen LogP contribution >= 0.6 is 23.2 Å². The van der Waals surface area contributed by atoms with Gasteiger partial charge in [-0.05, 0) is 30.3 Å². The van der Waals surface area contributed by atoms with Gasteiger partial charge in [0.05, 0.1) is 22.7 Å². The Hall–Kier alpha value is -3.16. The Morgan fingerprint density at radius 3 is 2.48 bits per heavy atom. The Labute approximate surface area is 173 Å². The summed E-state index contributed by atoms with van der Waals surface area (Å²) in [4.78, 5) is 15.8. The maximum Gasteiger partial charge on any atom is 0.417 e. The van der Waals surface area contributed by atoms with Gasteiger partial charge >= 0.3 is 12.2 Å². The molecule has 0 aliphatic heterocycles. The maximum atomic E-state index is 12.7. The van der Waals surface area contributed by atoms with Crippen LogP contribution in [-0.4, -0.2) is 18.1 Å². The number of halogens is 5. The van der Waals surface area contributed by atoms with Gasteiger partial charge in [-0.15, -0.1) is 0 Å². The van der Waals surface area contributed by atoms with Crippen LogP contribution in [0.25, 0.3) is 0 Å². The van der Waals surface area contributed by atoms with E-state index in [0.717, 1.165) is 17.2 Å². The van der Waals surface area contributed by atoms with Gasteiger partial charge in [-0.25, -0.2) is 9.78 Å². The third-order valence-corrected chi connectivity index (χ3v) is 3.84. The molecule has 0 aliphatic rings. The van der Waals surface area contributed by atoms with E-state index < -0.39 is 17.8 Å². The zero-order valence-corrected chi connectivity index (χ0v) is 16.2. The van der Waals surface area contributed by atoms with Crippen molar-refractivity contribution in [1.82, 2.24) is 15.7 Å². The van der Waals surface area contributed by atoms with Crippen LogP contribution in [0, 0.1) is 11.3 Å². The molecule has 152 valence electrons. The van der Waals surface area contributed by atoms with Crippen LogP contribution in [-0.2, 0) is 6.18 Å². The fraction of sp³-hybridized carbons (Fsp3) is 0.118. The van der Waals surface area contributed by atoms with Crippen LogP contribution in [0.3, 0.4) is 0 Å². The van der Waals surface area contributed by atoms with E-state index in [0.29, 0.717) is 16.9 Å². The third kappa shape index (κ3) is 6.44. The van der Waals surface area contributed by atoms with Gasteiger partial charge in [0.25, 0.3) is 0 Å². The summed E-state index contributed by atoms with van der Waals surface area (Å²) in [5.41, 5.74) is 2.05. The Bertz CT molecular complexity index is 957. The molecular weight excluding hydrogens is 432 g/mol. The standard InChI is InChI=1S/C17H13Cl2F3N6O/c1-28(15-13(19)8-10(9-24-15)17(20,21)22)27-14(6-7-23)26-16(29)25-12-4-2-11(18)3-5-12/h2-6,8-9,27H,1H3,(H2,25,26,29)/b14-6+. The molecule has 0 saturated carbocycles. The van der Waals surface area contributed by atoms with E-state index in [2.05, 4.69) is 21.0 Å². The van der Waals surface area contributed by atoms with Crippen molar-refractivity contribution in [3.63, 3.8) is 0 Å². The number of nitriles is 1. The summed E-state index contributed by atoms with van der Waals surface area (Å²) in [6.45, 7) is 0. The van der Waals surface area contributed by atoms with Gasteiger partial charge in [-0.3, -0.25) is 15.8 Å². The van der Waals surface area contributed by atoms with Gasteiger partial charge in [0.2, 0.25) is 0 Å². The van der Waals surface area contributed by atoms with Crippen LogP contribution in [0.1, 0.15) is 5.56 Å². The molecule has 2 rings (SSSR count). The minimum absolute atomic E-state index is 0.0524. The van der Waals surface area contributed by atoms with Crippen molar-refractivity contribution >= 4 is 40.7 Å². The number of aromatic nitrogens is 1. The fourth-order valence-electron chi connectivity index (χ4n) is 2.04. The normalized spacial score (nSPS) is 11.4. The summed E-state index contributed by atoms with van der Waals surface area (Å²) in [6, 6.07) is 8.07. The molecule has 3 N–H and O–H groups in total. The lowest BCUT2D eigenvalue weighted by Crippen LogP contribution is -2.42. The summed E-state index contributed by atoms with van der Waals surface area (Å²) in [7, 11) is 1.39. The number of alkyl halides is 3. The molecule has 1 heterocycles. The van der Waals surface area contributed by atoms with Crippen LogP contribution in [0.2, 0.25) is 10.0 Å². The highest BCUT2D eigenvalue weighted by Gasteiger charge is 2.32. The Morgan fingerprint density at radius 2 is 1.93 bits per heavy atom. The van der Waals surface area contributed by atoms with Crippen molar-refractivity contribution in [3.05, 3.63) is 64.0 Å². The number of hydrogen-bond donors (Lipinski definition) is 3. The largest absolute Gasteiger partial charge is 0.417 e. The first-order chi connectivity index (χ1) is 13.6. The minimum atomic E-state index is -4.59. The Kier molecular flexibility index (Phi) is 7.14. The minimum Gasteiger partial charge on any atom is -0.308 e. The molecule has 2 aromatic rings. The number of anilines is 2. The van der Waals surface area contributed by atoms with Crippen molar-refractivity contribution in [2.45, 2.75) is 6.18 Å². The number of urea groups is 1. The van der Waals surface area contributed by atoms with Crippen molar-refractivity contribution in [1.29, 1.82) is 5.26 Å². The monoisotopic (exact) mass is 444 g/mol. The zero-order chi connectivity index (χ0) is 21.6. The number of pyridine rings is 1. The molecule has 1 aromatic heterocycles. The highest BCUT2D eigenvalue weighted by Crippen LogP contribution is 2.32. The molecule has 0 bridgehead atoms. The molecular formula is C17H13Cl2F3N6O. The predicted molar refractivity (Wildman–Crippen MR) is 103 cm³/mol. The first-order valence-corrected chi connectivity index (χ1v) is 8.52. The van der Waals surface area contributed by atoms with Gasteiger partial charge in [-0.2, -0.15) is 18.4 Å². The van der Waals surface area contributed by atoms with Crippen molar-refractivity contribution in [2.75, 3.05) is 17.4 Å². The quantitative estimate of drug-likeness (QED) is 0.465. The summed E-state index contributed by atoms with van der Waals surface area (Å²) < 4.78 is 38.2. The number of nitrogens with zero attached hydrogens (tertiary/aromatic N) is 3. The second-order valence-corrected chi connectivity index (χ2v) is 6.31. The van der Waals surface area contributed by atoms with Gasteiger partial charge in [0.15, 0.2) is 5.82 Å². The van der Waals surface area contributed by atoms with Crippen molar-refractivity contribution < 1.29 is 18.0 Å². The van der Waals surface area contributed by atoms with Crippen LogP contribution in [0.4, 0.5) is 29.5 Å². The number of hydrogen-bond acceptors (Lipinski definition) is 5. The number of carbonyl (C=O) groups is 1. The van der Waals surface area contributed by atoms with E-state index in [9.17, 15) is 18.0 Å². The van der Waals surface area contributed by atoms with E-state index in [4.69, 9.17) is 28.5 Å². The number of hydrazine groups is 1. The molecule has 12 heteroatoms. The van der Waals surface area contributed by atoms with Gasteiger partial charge < -0.3 is 5.32 Å². The highest BCUT2D eigenvalue weighted by atomic mass is 35.5. The van der Waals surface area contributed by atoms with Crippen molar-refractivity contribution in [3.8, 4) is 6.07 Å². The number of benzene rings is 1. The van der Waals surface area contributed by atoms with E-state index in [1.165, 1.54) is 7.05 Å². The Morgan fingerprint density at radius 1 is 1.28 bits per heavy atom. The molecule has 0 spiro atoms. The molecule has 0 radical (unpaired) electrons. The van der Waals surface area contributed by atoms with E-state index in [1.54, 1.807) is 30.3 Å². The van der Waals surface area contributed by atoms with E-state index in [-0.39, 0.29) is 16.7 Å². The average Bonchev–Trinajstić information content (AvgIpc) is 2.62. The summed E-state index contributed by atoms with van der Waals surface area (Å²) >= 11 is 11.6. The van der Waals surface area contributed by atoms with E-state index >= 15 is 0 Å².